The molecule has 1 saturated heterocycles. The van der Waals surface area contributed by atoms with Crippen LogP contribution in [0, 0.1) is 0 Å². The molecule has 3 rings (SSSR count). The van der Waals surface area contributed by atoms with Crippen molar-refractivity contribution in [2.45, 2.75) is 51.5 Å². The topological polar surface area (TPSA) is 6.48 Å². The van der Waals surface area contributed by atoms with E-state index in [4.69, 9.17) is 0 Å². The number of rotatable bonds is 5. The molecule has 0 atom stereocenters. The summed E-state index contributed by atoms with van der Waals surface area (Å²) < 4.78 is 38.8. The number of hydrogen-bond acceptors (Lipinski definition) is 2. The number of nitrogens with zero attached hydrogens (tertiary/aromatic N) is 2. The SMILES string of the molecule is CC(C)N1CCC(N(Cc2ccccc2)c2ccc(C(F)(F)F)cc2)CC1. The second kappa shape index (κ2) is 8.34. The minimum Gasteiger partial charge on any atom is -0.364 e. The molecular weight excluding hydrogens is 349 g/mol. The van der Waals surface area contributed by atoms with E-state index >= 15 is 0 Å². The quantitative estimate of drug-likeness (QED) is 0.672. The van der Waals surface area contributed by atoms with E-state index in [0.717, 1.165) is 31.6 Å². The van der Waals surface area contributed by atoms with Gasteiger partial charge in [-0.25, -0.2) is 0 Å². The first kappa shape index (κ1) is 19.7. The Morgan fingerprint density at radius 3 is 2.07 bits per heavy atom. The van der Waals surface area contributed by atoms with Gasteiger partial charge in [0.2, 0.25) is 0 Å². The Morgan fingerprint density at radius 1 is 0.963 bits per heavy atom. The van der Waals surface area contributed by atoms with E-state index < -0.39 is 11.7 Å². The summed E-state index contributed by atoms with van der Waals surface area (Å²) in [5.41, 5.74) is 1.43. The van der Waals surface area contributed by atoms with Crippen molar-refractivity contribution in [3.63, 3.8) is 0 Å². The van der Waals surface area contributed by atoms with Crippen molar-refractivity contribution in [1.29, 1.82) is 0 Å². The standard InChI is InChI=1S/C22H27F3N2/c1-17(2)26-14-12-21(13-15-26)27(16-18-6-4-3-5-7-18)20-10-8-19(9-11-20)22(23,24)25/h3-11,17,21H,12-16H2,1-2H3. The average molecular weight is 376 g/mol. The van der Waals surface area contributed by atoms with Crippen molar-refractivity contribution in [3.05, 3.63) is 65.7 Å². The van der Waals surface area contributed by atoms with Gasteiger partial charge in [0.1, 0.15) is 0 Å². The fraction of sp³-hybridized carbons (Fsp3) is 0.455. The maximum Gasteiger partial charge on any atom is 0.416 e. The van der Waals surface area contributed by atoms with Crippen LogP contribution in [0.4, 0.5) is 18.9 Å². The summed E-state index contributed by atoms with van der Waals surface area (Å²) in [6.07, 6.45) is -2.26. The van der Waals surface area contributed by atoms with E-state index in [9.17, 15) is 13.2 Å². The van der Waals surface area contributed by atoms with Gasteiger partial charge in [0, 0.05) is 37.4 Å². The van der Waals surface area contributed by atoms with Gasteiger partial charge in [-0.2, -0.15) is 13.2 Å². The molecule has 27 heavy (non-hydrogen) atoms. The summed E-state index contributed by atoms with van der Waals surface area (Å²) in [7, 11) is 0. The van der Waals surface area contributed by atoms with E-state index in [0.29, 0.717) is 18.6 Å². The maximum atomic E-state index is 12.9. The first-order valence-electron chi connectivity index (χ1n) is 9.56. The lowest BCUT2D eigenvalue weighted by atomic mass is 10.00. The molecule has 146 valence electrons. The van der Waals surface area contributed by atoms with Crippen LogP contribution in [-0.2, 0) is 12.7 Å². The molecule has 0 aliphatic carbocycles. The number of halogens is 3. The van der Waals surface area contributed by atoms with E-state index in [2.05, 4.69) is 35.8 Å². The fourth-order valence-electron chi connectivity index (χ4n) is 3.77. The van der Waals surface area contributed by atoms with Crippen LogP contribution < -0.4 is 4.90 Å². The Labute approximate surface area is 159 Å². The maximum absolute atomic E-state index is 12.9. The largest absolute Gasteiger partial charge is 0.416 e. The number of likely N-dealkylation sites (tertiary alicyclic amines) is 1. The summed E-state index contributed by atoms with van der Waals surface area (Å²) in [6, 6.07) is 16.6. The highest BCUT2D eigenvalue weighted by atomic mass is 19.4. The van der Waals surface area contributed by atoms with E-state index in [1.807, 2.05) is 18.2 Å². The van der Waals surface area contributed by atoms with Crippen LogP contribution in [0.3, 0.4) is 0 Å². The molecule has 0 aromatic heterocycles. The zero-order valence-corrected chi connectivity index (χ0v) is 15.9. The van der Waals surface area contributed by atoms with Gasteiger partial charge in [-0.05, 0) is 56.5 Å². The average Bonchev–Trinajstić information content (AvgIpc) is 2.66. The lowest BCUT2D eigenvalue weighted by molar-refractivity contribution is -0.137. The van der Waals surface area contributed by atoms with Gasteiger partial charge in [0.05, 0.1) is 5.56 Å². The lowest BCUT2D eigenvalue weighted by Gasteiger charge is -2.41. The number of alkyl halides is 3. The van der Waals surface area contributed by atoms with Crippen molar-refractivity contribution < 1.29 is 13.2 Å². The molecule has 0 bridgehead atoms. The van der Waals surface area contributed by atoms with Crippen LogP contribution in [0.1, 0.15) is 37.8 Å². The highest BCUT2D eigenvalue weighted by Crippen LogP contribution is 2.32. The van der Waals surface area contributed by atoms with Gasteiger partial charge in [-0.3, -0.25) is 0 Å². The van der Waals surface area contributed by atoms with Crippen molar-refractivity contribution in [3.8, 4) is 0 Å². The number of hydrogen-bond donors (Lipinski definition) is 0. The summed E-state index contributed by atoms with van der Waals surface area (Å²) in [6.45, 7) is 7.16. The smallest absolute Gasteiger partial charge is 0.364 e. The van der Waals surface area contributed by atoms with Crippen molar-refractivity contribution >= 4 is 5.69 Å². The second-order valence-electron chi connectivity index (χ2n) is 7.52. The third kappa shape index (κ3) is 5.04. The van der Waals surface area contributed by atoms with Crippen LogP contribution in [-0.4, -0.2) is 30.1 Å². The van der Waals surface area contributed by atoms with E-state index in [1.165, 1.54) is 17.7 Å². The summed E-state index contributed by atoms with van der Waals surface area (Å²) in [5.74, 6) is 0. The molecule has 2 nitrogen and oxygen atoms in total. The molecule has 1 fully saturated rings. The van der Waals surface area contributed by atoms with Gasteiger partial charge in [-0.1, -0.05) is 30.3 Å². The molecule has 0 N–H and O–H groups in total. The van der Waals surface area contributed by atoms with Crippen LogP contribution in [0.25, 0.3) is 0 Å². The van der Waals surface area contributed by atoms with E-state index in [1.54, 1.807) is 12.1 Å². The van der Waals surface area contributed by atoms with Crippen LogP contribution in [0.5, 0.6) is 0 Å². The second-order valence-corrected chi connectivity index (χ2v) is 7.52. The zero-order chi connectivity index (χ0) is 19.4. The molecule has 0 spiro atoms. The van der Waals surface area contributed by atoms with Crippen molar-refractivity contribution in [2.24, 2.45) is 0 Å². The molecular formula is C22H27F3N2. The zero-order valence-electron chi connectivity index (χ0n) is 15.9. The minimum absolute atomic E-state index is 0.331. The number of piperidine rings is 1. The Morgan fingerprint density at radius 2 is 1.56 bits per heavy atom. The molecule has 1 heterocycles. The summed E-state index contributed by atoms with van der Waals surface area (Å²) >= 11 is 0. The first-order valence-corrected chi connectivity index (χ1v) is 9.56. The summed E-state index contributed by atoms with van der Waals surface area (Å²) in [4.78, 5) is 4.73. The number of anilines is 1. The molecule has 0 radical (unpaired) electrons. The first-order chi connectivity index (χ1) is 12.8. The van der Waals surface area contributed by atoms with Gasteiger partial charge in [0.15, 0.2) is 0 Å². The molecule has 2 aromatic carbocycles. The van der Waals surface area contributed by atoms with Gasteiger partial charge in [0.25, 0.3) is 0 Å². The van der Waals surface area contributed by atoms with Crippen LogP contribution >= 0.6 is 0 Å². The molecule has 0 unspecified atom stereocenters. The van der Waals surface area contributed by atoms with Gasteiger partial charge >= 0.3 is 6.18 Å². The Bertz CT molecular complexity index is 703. The Hall–Kier alpha value is -2.01. The molecule has 5 heteroatoms. The van der Waals surface area contributed by atoms with Gasteiger partial charge < -0.3 is 9.80 Å². The monoisotopic (exact) mass is 376 g/mol. The lowest BCUT2D eigenvalue weighted by Crippen LogP contribution is -2.46. The molecule has 0 saturated carbocycles. The predicted octanol–water partition coefficient (Wildman–Crippen LogP) is 5.58. The van der Waals surface area contributed by atoms with E-state index in [-0.39, 0.29) is 0 Å². The van der Waals surface area contributed by atoms with Crippen LogP contribution in [0.2, 0.25) is 0 Å². The highest BCUT2D eigenvalue weighted by Gasteiger charge is 2.31. The molecule has 1 aliphatic rings. The third-order valence-electron chi connectivity index (χ3n) is 5.39. The molecule has 0 amide bonds. The highest BCUT2D eigenvalue weighted by molar-refractivity contribution is 5.50. The molecule has 1 aliphatic heterocycles. The van der Waals surface area contributed by atoms with Crippen molar-refractivity contribution in [1.82, 2.24) is 4.90 Å². The summed E-state index contributed by atoms with van der Waals surface area (Å²) in [5, 5.41) is 0. The predicted molar refractivity (Wildman–Crippen MR) is 104 cm³/mol. The van der Waals surface area contributed by atoms with Gasteiger partial charge in [-0.15, -0.1) is 0 Å². The Kier molecular flexibility index (Phi) is 6.10. The van der Waals surface area contributed by atoms with Crippen LogP contribution in [0.15, 0.2) is 54.6 Å². The Balaban J connectivity index is 1.82. The number of benzene rings is 2. The minimum atomic E-state index is -4.30. The third-order valence-corrected chi connectivity index (χ3v) is 5.39. The van der Waals surface area contributed by atoms with Crippen molar-refractivity contribution in [2.75, 3.05) is 18.0 Å². The molecule has 2 aromatic rings. The fourth-order valence-corrected chi connectivity index (χ4v) is 3.77. The normalized spacial score (nSPS) is 16.7.